The van der Waals surface area contributed by atoms with Crippen LogP contribution in [0.1, 0.15) is 39.5 Å². The number of aryl methyl sites for hydroxylation is 1. The van der Waals surface area contributed by atoms with Gasteiger partial charge >= 0.3 is 0 Å². The van der Waals surface area contributed by atoms with E-state index in [1.165, 1.54) is 17.4 Å². The van der Waals surface area contributed by atoms with E-state index < -0.39 is 11.6 Å². The lowest BCUT2D eigenvalue weighted by Gasteiger charge is -2.13. The predicted octanol–water partition coefficient (Wildman–Crippen LogP) is 4.14. The number of amides is 1. The van der Waals surface area contributed by atoms with Gasteiger partial charge in [0.25, 0.3) is 5.91 Å². The second-order valence-electron chi connectivity index (χ2n) is 6.19. The Bertz CT molecular complexity index is 968. The molecule has 1 aromatic carbocycles. The minimum absolute atomic E-state index is 0.0331. The zero-order chi connectivity index (χ0) is 19.6. The van der Waals surface area contributed by atoms with Gasteiger partial charge in [0.05, 0.1) is 17.1 Å². The number of rotatable bonds is 6. The van der Waals surface area contributed by atoms with Crippen LogP contribution in [0, 0.1) is 18.6 Å². The summed E-state index contributed by atoms with van der Waals surface area (Å²) in [6, 6.07) is 4.66. The van der Waals surface area contributed by atoms with E-state index in [1.54, 1.807) is 22.3 Å². The predicted molar refractivity (Wildman–Crippen MR) is 98.8 cm³/mol. The molecule has 0 aliphatic carbocycles. The summed E-state index contributed by atoms with van der Waals surface area (Å²) >= 11 is 1.28. The van der Waals surface area contributed by atoms with E-state index in [9.17, 15) is 13.6 Å². The van der Waals surface area contributed by atoms with E-state index in [0.29, 0.717) is 4.88 Å². The molecule has 1 amide bonds. The normalized spacial score (nSPS) is 12.0. The van der Waals surface area contributed by atoms with Crippen LogP contribution in [0.15, 0.2) is 35.8 Å². The van der Waals surface area contributed by atoms with Crippen LogP contribution >= 0.6 is 11.3 Å². The molecular formula is C19H19F2N3O2S. The molecule has 0 saturated heterocycles. The van der Waals surface area contributed by atoms with Gasteiger partial charge in [0, 0.05) is 29.9 Å². The molecule has 0 aliphatic heterocycles. The average molecular weight is 391 g/mol. The highest BCUT2D eigenvalue weighted by Crippen LogP contribution is 2.22. The average Bonchev–Trinajstić information content (AvgIpc) is 3.22. The summed E-state index contributed by atoms with van der Waals surface area (Å²) in [5, 5.41) is 8.90. The van der Waals surface area contributed by atoms with E-state index >= 15 is 0 Å². The van der Waals surface area contributed by atoms with Crippen molar-refractivity contribution in [3.63, 3.8) is 0 Å². The number of ether oxygens (including phenoxy) is 1. The van der Waals surface area contributed by atoms with Gasteiger partial charge in [0.2, 0.25) is 0 Å². The highest BCUT2D eigenvalue weighted by atomic mass is 32.1. The van der Waals surface area contributed by atoms with Crippen molar-refractivity contribution in [1.82, 2.24) is 15.1 Å². The molecule has 27 heavy (non-hydrogen) atoms. The summed E-state index contributed by atoms with van der Waals surface area (Å²) in [4.78, 5) is 13.0. The number of hydrogen-bond acceptors (Lipinski definition) is 4. The third kappa shape index (κ3) is 4.33. The Hall–Kier alpha value is -2.74. The number of thiophene rings is 1. The van der Waals surface area contributed by atoms with Gasteiger partial charge in [0.15, 0.2) is 11.6 Å². The monoisotopic (exact) mass is 391 g/mol. The van der Waals surface area contributed by atoms with Crippen molar-refractivity contribution in [3.8, 4) is 5.75 Å². The van der Waals surface area contributed by atoms with Gasteiger partial charge < -0.3 is 10.1 Å². The Kier molecular flexibility index (Phi) is 5.55. The molecule has 1 N–H and O–H groups in total. The summed E-state index contributed by atoms with van der Waals surface area (Å²) in [5.74, 6) is -1.65. The molecule has 2 heterocycles. The smallest absolute Gasteiger partial charge is 0.261 e. The molecule has 1 unspecified atom stereocenters. The Morgan fingerprint density at radius 1 is 1.37 bits per heavy atom. The van der Waals surface area contributed by atoms with E-state index in [2.05, 4.69) is 10.4 Å². The van der Waals surface area contributed by atoms with Crippen LogP contribution in [0.25, 0.3) is 0 Å². The maximum absolute atomic E-state index is 13.6. The van der Waals surface area contributed by atoms with Crippen molar-refractivity contribution in [3.05, 3.63) is 69.2 Å². The first-order chi connectivity index (χ1) is 12.8. The van der Waals surface area contributed by atoms with Crippen molar-refractivity contribution in [2.24, 2.45) is 7.05 Å². The van der Waals surface area contributed by atoms with Gasteiger partial charge in [-0.3, -0.25) is 9.48 Å². The first-order valence-electron chi connectivity index (χ1n) is 8.29. The quantitative estimate of drug-likeness (QED) is 0.687. The molecule has 0 saturated carbocycles. The number of benzene rings is 1. The third-order valence-electron chi connectivity index (χ3n) is 4.25. The van der Waals surface area contributed by atoms with Crippen LogP contribution in [0.5, 0.6) is 5.75 Å². The van der Waals surface area contributed by atoms with E-state index in [1.807, 2.05) is 20.9 Å². The van der Waals surface area contributed by atoms with Crippen molar-refractivity contribution in [2.45, 2.75) is 26.5 Å². The van der Waals surface area contributed by atoms with Crippen molar-refractivity contribution < 1.29 is 18.3 Å². The fourth-order valence-corrected chi connectivity index (χ4v) is 3.41. The third-order valence-corrected chi connectivity index (χ3v) is 5.23. The Balaban J connectivity index is 1.61. The van der Waals surface area contributed by atoms with Gasteiger partial charge in [-0.15, -0.1) is 11.3 Å². The van der Waals surface area contributed by atoms with E-state index in [0.717, 1.165) is 29.0 Å². The Morgan fingerprint density at radius 2 is 2.15 bits per heavy atom. The van der Waals surface area contributed by atoms with Gasteiger partial charge in [-0.1, -0.05) is 0 Å². The van der Waals surface area contributed by atoms with Crippen LogP contribution in [0.3, 0.4) is 0 Å². The first-order valence-corrected chi connectivity index (χ1v) is 9.17. The van der Waals surface area contributed by atoms with Crippen LogP contribution in [0.2, 0.25) is 0 Å². The fraction of sp³-hybridized carbons (Fsp3) is 0.263. The minimum atomic E-state index is -0.760. The SMILES string of the molecule is Cc1c(C(C)NC(=O)c2cc(COc3ccc(F)cc3F)cs2)cnn1C. The van der Waals surface area contributed by atoms with Gasteiger partial charge in [-0.25, -0.2) is 8.78 Å². The van der Waals surface area contributed by atoms with Crippen LogP contribution < -0.4 is 10.1 Å². The van der Waals surface area contributed by atoms with Crippen LogP contribution in [0.4, 0.5) is 8.78 Å². The molecule has 0 aliphatic rings. The van der Waals surface area contributed by atoms with Gasteiger partial charge in [-0.05, 0) is 37.4 Å². The van der Waals surface area contributed by atoms with Crippen molar-refractivity contribution >= 4 is 17.2 Å². The molecule has 0 bridgehead atoms. The minimum Gasteiger partial charge on any atom is -0.486 e. The lowest BCUT2D eigenvalue weighted by atomic mass is 10.1. The lowest BCUT2D eigenvalue weighted by Crippen LogP contribution is -2.26. The van der Waals surface area contributed by atoms with Crippen LogP contribution in [-0.4, -0.2) is 15.7 Å². The molecule has 3 rings (SSSR count). The van der Waals surface area contributed by atoms with Crippen LogP contribution in [-0.2, 0) is 13.7 Å². The lowest BCUT2D eigenvalue weighted by molar-refractivity contribution is 0.0944. The van der Waals surface area contributed by atoms with Gasteiger partial charge in [0.1, 0.15) is 12.4 Å². The number of aromatic nitrogens is 2. The highest BCUT2D eigenvalue weighted by molar-refractivity contribution is 7.12. The van der Waals surface area contributed by atoms with E-state index in [-0.39, 0.29) is 24.3 Å². The first kappa shape index (κ1) is 19.0. The standard InChI is InChI=1S/C19H19F2N3O2S/c1-11(15-8-22-24(3)12(15)2)23-19(25)18-6-13(10-27-18)9-26-17-5-4-14(20)7-16(17)21/h4-8,10-11H,9H2,1-3H3,(H,23,25). The van der Waals surface area contributed by atoms with Crippen molar-refractivity contribution in [1.29, 1.82) is 0 Å². The number of carbonyl (C=O) groups is 1. The zero-order valence-corrected chi connectivity index (χ0v) is 15.9. The topological polar surface area (TPSA) is 56.1 Å². The van der Waals surface area contributed by atoms with Crippen molar-refractivity contribution in [2.75, 3.05) is 0 Å². The molecule has 1 atom stereocenters. The zero-order valence-electron chi connectivity index (χ0n) is 15.1. The number of nitrogens with zero attached hydrogens (tertiary/aromatic N) is 2. The summed E-state index contributed by atoms with van der Waals surface area (Å²) < 4.78 is 33.6. The Morgan fingerprint density at radius 3 is 2.81 bits per heavy atom. The second kappa shape index (κ2) is 7.87. The highest BCUT2D eigenvalue weighted by Gasteiger charge is 2.17. The molecule has 142 valence electrons. The molecule has 0 fully saturated rings. The molecule has 5 nitrogen and oxygen atoms in total. The number of nitrogens with one attached hydrogen (secondary N) is 1. The molecule has 0 radical (unpaired) electrons. The fourth-order valence-electron chi connectivity index (χ4n) is 2.61. The number of carbonyl (C=O) groups excluding carboxylic acids is 1. The summed E-state index contributed by atoms with van der Waals surface area (Å²) in [6.07, 6.45) is 1.74. The molecule has 2 aromatic heterocycles. The molecule has 3 aromatic rings. The summed E-state index contributed by atoms with van der Waals surface area (Å²) in [7, 11) is 1.85. The van der Waals surface area contributed by atoms with Gasteiger partial charge in [-0.2, -0.15) is 5.10 Å². The molecular weight excluding hydrogens is 372 g/mol. The maximum atomic E-state index is 13.6. The summed E-state index contributed by atoms with van der Waals surface area (Å²) in [6.45, 7) is 3.93. The maximum Gasteiger partial charge on any atom is 0.261 e. The van der Waals surface area contributed by atoms with E-state index in [4.69, 9.17) is 4.74 Å². The number of halogens is 2. The molecule has 0 spiro atoms. The summed E-state index contributed by atoms with van der Waals surface area (Å²) in [5.41, 5.74) is 2.68. The largest absolute Gasteiger partial charge is 0.486 e. The number of hydrogen-bond donors (Lipinski definition) is 1. The second-order valence-corrected chi connectivity index (χ2v) is 7.10. The Labute approximate surface area is 159 Å². The molecule has 8 heteroatoms.